The monoisotopic (exact) mass is 398 g/mol. The van der Waals surface area contributed by atoms with E-state index in [1.807, 2.05) is 38.1 Å². The van der Waals surface area contributed by atoms with Gasteiger partial charge in [-0.15, -0.1) is 0 Å². The molecule has 0 radical (unpaired) electrons. The first-order chi connectivity index (χ1) is 14.1. The second-order valence-corrected chi connectivity index (χ2v) is 8.05. The molecule has 6 heteroatoms. The van der Waals surface area contributed by atoms with Crippen LogP contribution in [0.2, 0.25) is 0 Å². The van der Waals surface area contributed by atoms with E-state index >= 15 is 0 Å². The van der Waals surface area contributed by atoms with E-state index in [-0.39, 0.29) is 12.7 Å². The Labute approximate surface area is 172 Å². The summed E-state index contributed by atoms with van der Waals surface area (Å²) in [5.74, 6) is 2.39. The normalized spacial score (nSPS) is 18.8. The first kappa shape index (κ1) is 19.9. The van der Waals surface area contributed by atoms with Gasteiger partial charge in [-0.3, -0.25) is 4.90 Å². The number of rotatable bonds is 7. The van der Waals surface area contributed by atoms with Crippen LogP contribution in [0.15, 0.2) is 36.4 Å². The Morgan fingerprint density at radius 1 is 1.17 bits per heavy atom. The molecule has 2 heterocycles. The topological polar surface area (TPSA) is 63.2 Å². The first-order valence-corrected chi connectivity index (χ1v) is 10.4. The van der Waals surface area contributed by atoms with Crippen LogP contribution in [0.3, 0.4) is 0 Å². The van der Waals surface area contributed by atoms with Crippen molar-refractivity contribution in [1.82, 2.24) is 4.90 Å². The molecular formula is C23H30N2O4. The molecule has 0 spiro atoms. The maximum atomic E-state index is 9.71. The molecule has 4 rings (SSSR count). The summed E-state index contributed by atoms with van der Waals surface area (Å²) >= 11 is 0. The van der Waals surface area contributed by atoms with Crippen LogP contribution in [-0.2, 0) is 13.2 Å². The average molecular weight is 399 g/mol. The second-order valence-electron chi connectivity index (χ2n) is 8.05. The quantitative estimate of drug-likeness (QED) is 0.740. The van der Waals surface area contributed by atoms with Gasteiger partial charge in [0.25, 0.3) is 0 Å². The lowest BCUT2D eigenvalue weighted by Gasteiger charge is -2.34. The summed E-state index contributed by atoms with van der Waals surface area (Å²) < 4.78 is 16.7. The molecule has 1 saturated heterocycles. The molecule has 0 bridgehead atoms. The number of ether oxygens (including phenoxy) is 3. The zero-order chi connectivity index (χ0) is 20.2. The van der Waals surface area contributed by atoms with Gasteiger partial charge in [0.2, 0.25) is 6.79 Å². The van der Waals surface area contributed by atoms with Crippen molar-refractivity contribution < 1.29 is 19.3 Å². The Balaban J connectivity index is 1.37. The van der Waals surface area contributed by atoms with Gasteiger partial charge in [-0.05, 0) is 63.1 Å². The zero-order valence-corrected chi connectivity index (χ0v) is 17.2. The summed E-state index contributed by atoms with van der Waals surface area (Å²) in [6.07, 6.45) is 2.40. The minimum Gasteiger partial charge on any atom is -0.491 e. The zero-order valence-electron chi connectivity index (χ0n) is 17.2. The van der Waals surface area contributed by atoms with Crippen molar-refractivity contribution in [3.8, 4) is 17.2 Å². The van der Waals surface area contributed by atoms with Crippen LogP contribution in [-0.4, -0.2) is 42.0 Å². The molecule has 0 amide bonds. The van der Waals surface area contributed by atoms with Gasteiger partial charge < -0.3 is 24.6 Å². The van der Waals surface area contributed by atoms with Gasteiger partial charge in [-0.2, -0.15) is 0 Å². The lowest BCUT2D eigenvalue weighted by Crippen LogP contribution is -2.41. The third-order valence-corrected chi connectivity index (χ3v) is 5.31. The number of hydrogen-bond acceptors (Lipinski definition) is 6. The van der Waals surface area contributed by atoms with Crippen molar-refractivity contribution in [2.75, 3.05) is 25.2 Å². The number of fused-ring (bicyclic) bond motifs is 1. The third-order valence-electron chi connectivity index (χ3n) is 5.31. The van der Waals surface area contributed by atoms with Crippen molar-refractivity contribution in [1.29, 1.82) is 0 Å². The van der Waals surface area contributed by atoms with Gasteiger partial charge in [0.1, 0.15) is 5.75 Å². The van der Waals surface area contributed by atoms with E-state index in [0.717, 1.165) is 61.0 Å². The number of nitrogens with one attached hydrogen (secondary N) is 1. The number of aliphatic hydroxyl groups is 1. The molecule has 0 aliphatic carbocycles. The van der Waals surface area contributed by atoms with Gasteiger partial charge in [-0.25, -0.2) is 0 Å². The number of hydrogen-bond donors (Lipinski definition) is 2. The number of anilines is 1. The van der Waals surface area contributed by atoms with Crippen LogP contribution in [0, 0.1) is 0 Å². The summed E-state index contributed by atoms with van der Waals surface area (Å²) in [5, 5.41) is 13.4. The summed E-state index contributed by atoms with van der Waals surface area (Å²) in [4.78, 5) is 2.47. The molecule has 2 aromatic rings. The van der Waals surface area contributed by atoms with Crippen molar-refractivity contribution >= 4 is 5.69 Å². The van der Waals surface area contributed by atoms with E-state index in [0.29, 0.717) is 12.8 Å². The molecule has 6 nitrogen and oxygen atoms in total. The van der Waals surface area contributed by atoms with Crippen molar-refractivity contribution in [2.45, 2.75) is 52.0 Å². The highest BCUT2D eigenvalue weighted by atomic mass is 16.7. The Kier molecular flexibility index (Phi) is 6.11. The predicted octanol–water partition coefficient (Wildman–Crippen LogP) is 3.77. The molecule has 2 N–H and O–H groups in total. The van der Waals surface area contributed by atoms with Gasteiger partial charge in [-0.1, -0.05) is 6.07 Å². The minimum absolute atomic E-state index is 0.00973. The van der Waals surface area contributed by atoms with Gasteiger partial charge in [0, 0.05) is 36.4 Å². The maximum Gasteiger partial charge on any atom is 0.231 e. The van der Waals surface area contributed by atoms with E-state index in [9.17, 15) is 5.11 Å². The number of piperidine rings is 1. The van der Waals surface area contributed by atoms with Gasteiger partial charge >= 0.3 is 0 Å². The second kappa shape index (κ2) is 8.93. The van der Waals surface area contributed by atoms with Crippen LogP contribution in [0.1, 0.15) is 37.8 Å². The minimum atomic E-state index is -0.00973. The molecule has 0 aromatic heterocycles. The van der Waals surface area contributed by atoms with Crippen LogP contribution in [0.5, 0.6) is 17.2 Å². The third kappa shape index (κ3) is 4.95. The fourth-order valence-electron chi connectivity index (χ4n) is 4.02. The highest BCUT2D eigenvalue weighted by molar-refractivity contribution is 5.56. The van der Waals surface area contributed by atoms with Crippen LogP contribution in [0.25, 0.3) is 0 Å². The van der Waals surface area contributed by atoms with Crippen molar-refractivity contribution in [3.63, 3.8) is 0 Å². The number of benzene rings is 2. The number of aliphatic hydroxyl groups excluding tert-OH is 1. The SMILES string of the molecule is CC(C)Oc1ccc(CN2CCC[C@@H](Nc3ccc4c(c3)OCO4)C2)cc1CO. The Morgan fingerprint density at radius 3 is 2.86 bits per heavy atom. The van der Waals surface area contributed by atoms with E-state index < -0.39 is 0 Å². The summed E-state index contributed by atoms with van der Waals surface area (Å²) in [6, 6.07) is 12.6. The number of likely N-dealkylation sites (tertiary alicyclic amines) is 1. The molecule has 1 fully saturated rings. The van der Waals surface area contributed by atoms with Gasteiger partial charge in [0.15, 0.2) is 11.5 Å². The molecule has 29 heavy (non-hydrogen) atoms. The Morgan fingerprint density at radius 2 is 2.03 bits per heavy atom. The highest BCUT2D eigenvalue weighted by Gasteiger charge is 2.21. The van der Waals surface area contributed by atoms with E-state index in [1.165, 1.54) is 5.56 Å². The molecule has 2 aliphatic heterocycles. The van der Waals surface area contributed by atoms with E-state index in [4.69, 9.17) is 14.2 Å². The average Bonchev–Trinajstić information content (AvgIpc) is 3.17. The lowest BCUT2D eigenvalue weighted by atomic mass is 10.0. The first-order valence-electron chi connectivity index (χ1n) is 10.4. The summed E-state index contributed by atoms with van der Waals surface area (Å²) in [5.41, 5.74) is 3.12. The van der Waals surface area contributed by atoms with Gasteiger partial charge in [0.05, 0.1) is 12.7 Å². The van der Waals surface area contributed by atoms with Crippen LogP contribution in [0.4, 0.5) is 5.69 Å². The fraction of sp³-hybridized carbons (Fsp3) is 0.478. The lowest BCUT2D eigenvalue weighted by molar-refractivity contribution is 0.174. The summed E-state index contributed by atoms with van der Waals surface area (Å²) in [7, 11) is 0. The number of nitrogens with zero attached hydrogens (tertiary/aromatic N) is 1. The van der Waals surface area contributed by atoms with Crippen LogP contribution >= 0.6 is 0 Å². The molecule has 156 valence electrons. The highest BCUT2D eigenvalue weighted by Crippen LogP contribution is 2.34. The molecule has 0 unspecified atom stereocenters. The van der Waals surface area contributed by atoms with Crippen LogP contribution < -0.4 is 19.5 Å². The standard InChI is InChI=1S/C23H30N2O4/c1-16(2)29-21-7-5-17(10-18(21)14-26)12-25-9-3-4-20(13-25)24-19-6-8-22-23(11-19)28-15-27-22/h5-8,10-11,16,20,24,26H,3-4,9,12-15H2,1-2H3/t20-/m1/s1. The molecule has 1 atom stereocenters. The predicted molar refractivity (Wildman–Crippen MR) is 113 cm³/mol. The maximum absolute atomic E-state index is 9.71. The van der Waals surface area contributed by atoms with E-state index in [2.05, 4.69) is 22.3 Å². The molecule has 2 aliphatic rings. The smallest absolute Gasteiger partial charge is 0.231 e. The van der Waals surface area contributed by atoms with E-state index in [1.54, 1.807) is 0 Å². The largest absolute Gasteiger partial charge is 0.491 e. The van der Waals surface area contributed by atoms with Crippen molar-refractivity contribution in [2.24, 2.45) is 0 Å². The molecule has 2 aromatic carbocycles. The Hall–Kier alpha value is -2.44. The molecule has 0 saturated carbocycles. The molecular weight excluding hydrogens is 368 g/mol. The summed E-state index contributed by atoms with van der Waals surface area (Å²) in [6.45, 7) is 7.21. The Bertz CT molecular complexity index is 840. The van der Waals surface area contributed by atoms with Crippen molar-refractivity contribution in [3.05, 3.63) is 47.5 Å². The fourth-order valence-corrected chi connectivity index (χ4v) is 4.02.